The van der Waals surface area contributed by atoms with Gasteiger partial charge in [0.05, 0.1) is 11.5 Å². The number of nitrogens with one attached hydrogen (secondary N) is 1. The predicted octanol–water partition coefficient (Wildman–Crippen LogP) is 3.60. The van der Waals surface area contributed by atoms with E-state index in [2.05, 4.69) is 11.4 Å². The lowest BCUT2D eigenvalue weighted by molar-refractivity contribution is -0.143. The molecule has 1 saturated carbocycles. The van der Waals surface area contributed by atoms with Gasteiger partial charge in [0.15, 0.2) is 5.75 Å². The van der Waals surface area contributed by atoms with Gasteiger partial charge in [-0.25, -0.2) is 0 Å². The molecule has 5 nitrogen and oxygen atoms in total. The van der Waals surface area contributed by atoms with Gasteiger partial charge >= 0.3 is 5.97 Å². The van der Waals surface area contributed by atoms with Crippen LogP contribution < -0.4 is 10.1 Å². The molecule has 0 aromatic heterocycles. The first kappa shape index (κ1) is 19.5. The van der Waals surface area contributed by atoms with Gasteiger partial charge in [0.2, 0.25) is 0 Å². The predicted molar refractivity (Wildman–Crippen MR) is 106 cm³/mol. The van der Waals surface area contributed by atoms with Crippen molar-refractivity contribution in [2.45, 2.75) is 31.1 Å². The molecular weight excluding hydrogens is 354 g/mol. The third kappa shape index (κ3) is 4.17. The van der Waals surface area contributed by atoms with Gasteiger partial charge in [-0.15, -0.1) is 0 Å². The van der Waals surface area contributed by atoms with Crippen LogP contribution in [0.4, 0.5) is 0 Å². The van der Waals surface area contributed by atoms with E-state index in [0.29, 0.717) is 43.5 Å². The molecule has 0 bridgehead atoms. The molecule has 2 aromatic carbocycles. The third-order valence-electron chi connectivity index (χ3n) is 5.57. The first-order chi connectivity index (χ1) is 13.6. The van der Waals surface area contributed by atoms with E-state index in [-0.39, 0.29) is 17.2 Å². The van der Waals surface area contributed by atoms with Gasteiger partial charge in [0.1, 0.15) is 6.11 Å². The maximum atomic E-state index is 12.8. The Bertz CT molecular complexity index is 877. The van der Waals surface area contributed by atoms with Crippen LogP contribution in [-0.2, 0) is 10.2 Å². The van der Waals surface area contributed by atoms with Crippen molar-refractivity contribution in [3.63, 3.8) is 0 Å². The van der Waals surface area contributed by atoms with Crippen molar-refractivity contribution in [3.05, 3.63) is 65.7 Å². The first-order valence-corrected chi connectivity index (χ1v) is 9.34. The Morgan fingerprint density at radius 2 is 1.75 bits per heavy atom. The Morgan fingerprint density at radius 1 is 1.11 bits per heavy atom. The molecule has 3 rings (SSSR count). The fraction of sp³-hybridized carbons (Fsp3) is 0.304. The Labute approximate surface area is 164 Å². The van der Waals surface area contributed by atoms with Crippen molar-refractivity contribution < 1.29 is 19.4 Å². The topological polar surface area (TPSA) is 75.6 Å². The molecule has 2 aromatic rings. The van der Waals surface area contributed by atoms with Crippen LogP contribution in [-0.4, -0.2) is 23.5 Å². The zero-order valence-electron chi connectivity index (χ0n) is 15.6. The van der Waals surface area contributed by atoms with Crippen molar-refractivity contribution in [1.82, 2.24) is 5.32 Å². The number of hydrogen-bond donors (Lipinski definition) is 2. The summed E-state index contributed by atoms with van der Waals surface area (Å²) in [5.41, 5.74) is 1.21. The molecule has 5 heteroatoms. The van der Waals surface area contributed by atoms with E-state index in [1.807, 2.05) is 30.3 Å². The number of benzene rings is 2. The zero-order chi connectivity index (χ0) is 20.0. The molecule has 0 spiro atoms. The molecule has 0 heterocycles. The number of ether oxygens (including phenoxy) is 1. The summed E-state index contributed by atoms with van der Waals surface area (Å²) in [5.74, 6) is -0.990. The number of rotatable bonds is 6. The monoisotopic (exact) mass is 377 g/mol. The van der Waals surface area contributed by atoms with Gasteiger partial charge in [0, 0.05) is 12.0 Å². The molecule has 1 aliphatic rings. The second-order valence-corrected chi connectivity index (χ2v) is 7.16. The number of carbonyl (C=O) groups excluding carboxylic acids is 1. The van der Waals surface area contributed by atoms with Crippen LogP contribution in [0.15, 0.2) is 54.6 Å². The largest absolute Gasteiger partial charge is 0.481 e. The lowest BCUT2D eigenvalue weighted by Crippen LogP contribution is -2.44. The molecule has 0 saturated heterocycles. The number of aliphatic carboxylic acids is 1. The summed E-state index contributed by atoms with van der Waals surface area (Å²) in [6, 6.07) is 16.8. The summed E-state index contributed by atoms with van der Waals surface area (Å²) >= 11 is 0. The molecule has 0 unspecified atom stereocenters. The van der Waals surface area contributed by atoms with Crippen molar-refractivity contribution in [3.8, 4) is 18.3 Å². The van der Waals surface area contributed by atoms with E-state index in [1.54, 1.807) is 24.3 Å². The number of amides is 1. The van der Waals surface area contributed by atoms with Gasteiger partial charge in [-0.3, -0.25) is 9.59 Å². The number of carboxylic acid groups (broad SMARTS) is 1. The molecule has 1 amide bonds. The summed E-state index contributed by atoms with van der Waals surface area (Å²) in [6.45, 7) is 0.423. The summed E-state index contributed by atoms with van der Waals surface area (Å²) in [4.78, 5) is 24.1. The minimum atomic E-state index is -0.744. The molecule has 0 radical (unpaired) electrons. The third-order valence-corrected chi connectivity index (χ3v) is 5.57. The average Bonchev–Trinajstić information content (AvgIpc) is 2.73. The second-order valence-electron chi connectivity index (χ2n) is 7.16. The van der Waals surface area contributed by atoms with Crippen LogP contribution in [0.5, 0.6) is 5.75 Å². The minimum absolute atomic E-state index is 0.262. The van der Waals surface area contributed by atoms with Crippen molar-refractivity contribution in [2.75, 3.05) is 6.54 Å². The maximum Gasteiger partial charge on any atom is 0.306 e. The number of carbonyl (C=O) groups is 2. The van der Waals surface area contributed by atoms with E-state index < -0.39 is 5.97 Å². The zero-order valence-corrected chi connectivity index (χ0v) is 15.6. The highest BCUT2D eigenvalue weighted by molar-refractivity contribution is 5.97. The molecule has 0 aliphatic heterocycles. The van der Waals surface area contributed by atoms with Crippen LogP contribution >= 0.6 is 0 Å². The molecule has 1 aliphatic carbocycles. The summed E-state index contributed by atoms with van der Waals surface area (Å²) in [6.07, 6.45) is 9.90. The Kier molecular flexibility index (Phi) is 6.00. The molecule has 28 heavy (non-hydrogen) atoms. The fourth-order valence-corrected chi connectivity index (χ4v) is 3.93. The van der Waals surface area contributed by atoms with Crippen LogP contribution in [0.1, 0.15) is 41.6 Å². The first-order valence-electron chi connectivity index (χ1n) is 9.34. The van der Waals surface area contributed by atoms with Crippen molar-refractivity contribution >= 4 is 11.9 Å². The van der Waals surface area contributed by atoms with Crippen molar-refractivity contribution in [1.29, 1.82) is 0 Å². The molecule has 0 atom stereocenters. The Hall–Kier alpha value is -3.26. The van der Waals surface area contributed by atoms with E-state index >= 15 is 0 Å². The molecule has 144 valence electrons. The van der Waals surface area contributed by atoms with E-state index in [9.17, 15) is 14.7 Å². The molecule has 2 N–H and O–H groups in total. The number of para-hydroxylation sites is 1. The summed E-state index contributed by atoms with van der Waals surface area (Å²) in [7, 11) is 0. The highest BCUT2D eigenvalue weighted by Crippen LogP contribution is 2.41. The summed E-state index contributed by atoms with van der Waals surface area (Å²) < 4.78 is 5.10. The van der Waals surface area contributed by atoms with Crippen LogP contribution in [0.25, 0.3) is 0 Å². The quantitative estimate of drug-likeness (QED) is 0.754. The lowest BCUT2D eigenvalue weighted by Gasteiger charge is -2.40. The highest BCUT2D eigenvalue weighted by atomic mass is 16.5. The SMILES string of the molecule is C#COc1ccccc1C(=O)NCC1(c2ccccc2)CCC(C(=O)O)CC1. The lowest BCUT2D eigenvalue weighted by atomic mass is 9.66. The standard InChI is InChI=1S/C23H23NO4/c1-2-28-20-11-7-6-10-19(20)21(25)24-16-23(18-8-4-3-5-9-18)14-12-17(13-15-23)22(26)27/h1,3-11,17H,12-16H2,(H,24,25)(H,26,27). The van der Waals surface area contributed by atoms with Crippen LogP contribution in [0.2, 0.25) is 0 Å². The number of hydrogen-bond acceptors (Lipinski definition) is 3. The molecular formula is C23H23NO4. The van der Waals surface area contributed by atoms with Gasteiger partial charge < -0.3 is 15.2 Å². The fourth-order valence-electron chi connectivity index (χ4n) is 3.93. The van der Waals surface area contributed by atoms with E-state index in [4.69, 9.17) is 11.2 Å². The summed E-state index contributed by atoms with van der Waals surface area (Å²) in [5, 5.41) is 12.3. The molecule has 1 fully saturated rings. The highest BCUT2D eigenvalue weighted by Gasteiger charge is 2.39. The van der Waals surface area contributed by atoms with Gasteiger partial charge in [-0.05, 0) is 43.4 Å². The van der Waals surface area contributed by atoms with Gasteiger partial charge in [-0.1, -0.05) is 48.9 Å². The second kappa shape index (κ2) is 8.62. The minimum Gasteiger partial charge on any atom is -0.481 e. The van der Waals surface area contributed by atoms with Crippen molar-refractivity contribution in [2.24, 2.45) is 5.92 Å². The number of terminal acetylenes is 1. The van der Waals surface area contributed by atoms with Crippen LogP contribution in [0, 0.1) is 18.4 Å². The van der Waals surface area contributed by atoms with E-state index in [0.717, 1.165) is 5.56 Å². The normalized spacial score (nSPS) is 21.3. The number of carboxylic acids is 1. The smallest absolute Gasteiger partial charge is 0.306 e. The Morgan fingerprint density at radius 3 is 2.39 bits per heavy atom. The average molecular weight is 377 g/mol. The van der Waals surface area contributed by atoms with Crippen LogP contribution in [0.3, 0.4) is 0 Å². The van der Waals surface area contributed by atoms with E-state index in [1.165, 1.54) is 0 Å². The Balaban J connectivity index is 1.79. The van der Waals surface area contributed by atoms with Gasteiger partial charge in [-0.2, -0.15) is 0 Å². The van der Waals surface area contributed by atoms with Gasteiger partial charge in [0.25, 0.3) is 5.91 Å². The maximum absolute atomic E-state index is 12.8.